The van der Waals surface area contributed by atoms with E-state index in [9.17, 15) is 18.3 Å². The monoisotopic (exact) mass is 286 g/mol. The maximum Gasteiger partial charge on any atom is 0.218 e. The number of carbonyl (C=O) groups is 1. The number of likely N-dealkylation sites (N-methyl/N-ethyl adjacent to an activating group) is 1. The van der Waals surface area contributed by atoms with E-state index in [-0.39, 0.29) is 5.75 Å². The van der Waals surface area contributed by atoms with Crippen LogP contribution in [0, 0.1) is 0 Å². The van der Waals surface area contributed by atoms with Crippen molar-refractivity contribution in [2.45, 2.75) is 12.7 Å². The molecule has 0 unspecified atom stereocenters. The van der Waals surface area contributed by atoms with E-state index in [0.717, 1.165) is 4.31 Å². The molecule has 0 atom stereocenters. The lowest BCUT2D eigenvalue weighted by atomic mass is 10.2. The zero-order chi connectivity index (χ0) is 14.5. The fourth-order valence-corrected chi connectivity index (χ4v) is 2.62. The Morgan fingerprint density at radius 3 is 2.68 bits per heavy atom. The topological polar surface area (TPSA) is 86.7 Å². The molecule has 1 aromatic rings. The number of ether oxygens (including phenoxy) is 1. The molecule has 0 heterocycles. The van der Waals surface area contributed by atoms with Crippen molar-refractivity contribution in [1.29, 1.82) is 0 Å². The molecule has 0 aliphatic carbocycles. The summed E-state index contributed by atoms with van der Waals surface area (Å²) in [4.78, 5) is 10.4. The number of carboxylic acids is 1. The van der Waals surface area contributed by atoms with Gasteiger partial charge in [0, 0.05) is 7.05 Å². The van der Waals surface area contributed by atoms with Crippen LogP contribution < -0.4 is 9.84 Å². The van der Waals surface area contributed by atoms with Gasteiger partial charge in [0.05, 0.1) is 24.9 Å². The van der Waals surface area contributed by atoms with E-state index in [0.29, 0.717) is 17.9 Å². The van der Waals surface area contributed by atoms with Crippen LogP contribution in [0.3, 0.4) is 0 Å². The van der Waals surface area contributed by atoms with Crippen molar-refractivity contribution in [2.24, 2.45) is 0 Å². The van der Waals surface area contributed by atoms with Crippen LogP contribution in [-0.2, 0) is 20.6 Å². The number of hydrogen-bond acceptors (Lipinski definition) is 5. The molecular formula is C12H16NO5S-. The average Bonchev–Trinajstić information content (AvgIpc) is 2.28. The Morgan fingerprint density at radius 2 is 2.11 bits per heavy atom. The molecule has 0 bridgehead atoms. The van der Waals surface area contributed by atoms with Crippen LogP contribution in [0.25, 0.3) is 0 Å². The molecule has 0 saturated heterocycles. The predicted octanol–water partition coefficient (Wildman–Crippen LogP) is -0.403. The lowest BCUT2D eigenvalue weighted by Crippen LogP contribution is -2.39. The normalized spacial score (nSPS) is 11.5. The largest absolute Gasteiger partial charge is 0.549 e. The summed E-state index contributed by atoms with van der Waals surface area (Å²) in [6, 6.07) is 6.68. The molecule has 1 rings (SSSR count). The van der Waals surface area contributed by atoms with Crippen molar-refractivity contribution in [1.82, 2.24) is 4.31 Å². The fraction of sp³-hybridized carbons (Fsp3) is 0.417. The Balaban J connectivity index is 2.83. The predicted molar refractivity (Wildman–Crippen MR) is 67.9 cm³/mol. The maximum atomic E-state index is 11.9. The highest BCUT2D eigenvalue weighted by molar-refractivity contribution is 7.88. The first-order chi connectivity index (χ1) is 8.85. The van der Waals surface area contributed by atoms with Crippen LogP contribution in [0.1, 0.15) is 12.5 Å². The van der Waals surface area contributed by atoms with E-state index < -0.39 is 22.5 Å². The van der Waals surface area contributed by atoms with Gasteiger partial charge >= 0.3 is 0 Å². The van der Waals surface area contributed by atoms with Gasteiger partial charge in [-0.15, -0.1) is 0 Å². The van der Waals surface area contributed by atoms with Gasteiger partial charge in [-0.3, -0.25) is 0 Å². The van der Waals surface area contributed by atoms with Gasteiger partial charge in [-0.05, 0) is 24.6 Å². The van der Waals surface area contributed by atoms with Gasteiger partial charge in [0.1, 0.15) is 5.75 Å². The second-order valence-corrected chi connectivity index (χ2v) is 6.04. The van der Waals surface area contributed by atoms with Crippen LogP contribution in [0.5, 0.6) is 5.75 Å². The van der Waals surface area contributed by atoms with Crippen LogP contribution in [0.4, 0.5) is 0 Å². The number of hydrogen-bond donors (Lipinski definition) is 0. The Kier molecular flexibility index (Phi) is 5.31. The number of rotatable bonds is 7. The number of carboxylic acid groups (broad SMARTS) is 1. The number of nitrogens with zero attached hydrogens (tertiary/aromatic N) is 1. The summed E-state index contributed by atoms with van der Waals surface area (Å²) in [7, 11) is -2.48. The highest BCUT2D eigenvalue weighted by Gasteiger charge is 2.18. The minimum atomic E-state index is -3.68. The SMILES string of the molecule is CCOc1cccc(CS(=O)(=O)N(C)CC(=O)[O-])c1. The highest BCUT2D eigenvalue weighted by Crippen LogP contribution is 2.16. The molecule has 0 saturated carbocycles. The van der Waals surface area contributed by atoms with Crippen molar-refractivity contribution in [3.8, 4) is 5.75 Å². The maximum absolute atomic E-state index is 11.9. The average molecular weight is 286 g/mol. The molecular weight excluding hydrogens is 270 g/mol. The molecule has 19 heavy (non-hydrogen) atoms. The molecule has 0 radical (unpaired) electrons. The van der Waals surface area contributed by atoms with Crippen molar-refractivity contribution >= 4 is 16.0 Å². The Labute approximate surface area is 112 Å². The van der Waals surface area contributed by atoms with Crippen molar-refractivity contribution in [3.05, 3.63) is 29.8 Å². The van der Waals surface area contributed by atoms with E-state index in [1.54, 1.807) is 24.3 Å². The Hall–Kier alpha value is -1.60. The first kappa shape index (κ1) is 15.5. The van der Waals surface area contributed by atoms with E-state index in [2.05, 4.69) is 0 Å². The molecule has 0 aromatic heterocycles. The minimum Gasteiger partial charge on any atom is -0.549 e. The molecule has 0 amide bonds. The third kappa shape index (κ3) is 4.88. The first-order valence-corrected chi connectivity index (χ1v) is 7.31. The summed E-state index contributed by atoms with van der Waals surface area (Å²) >= 11 is 0. The molecule has 0 aliphatic heterocycles. The van der Waals surface area contributed by atoms with Crippen LogP contribution in [-0.4, -0.2) is 38.9 Å². The first-order valence-electron chi connectivity index (χ1n) is 5.70. The van der Waals surface area contributed by atoms with Crippen molar-refractivity contribution in [3.63, 3.8) is 0 Å². The zero-order valence-corrected chi connectivity index (χ0v) is 11.6. The number of benzene rings is 1. The van der Waals surface area contributed by atoms with E-state index in [1.807, 2.05) is 6.92 Å². The smallest absolute Gasteiger partial charge is 0.218 e. The third-order valence-electron chi connectivity index (χ3n) is 2.39. The highest BCUT2D eigenvalue weighted by atomic mass is 32.2. The molecule has 0 N–H and O–H groups in total. The molecule has 0 fully saturated rings. The molecule has 6 nitrogen and oxygen atoms in total. The summed E-state index contributed by atoms with van der Waals surface area (Å²) in [6.07, 6.45) is 0. The summed E-state index contributed by atoms with van der Waals surface area (Å²) in [6.45, 7) is 1.66. The summed E-state index contributed by atoms with van der Waals surface area (Å²) in [5.74, 6) is -1.13. The van der Waals surface area contributed by atoms with E-state index in [1.165, 1.54) is 7.05 Å². The number of aliphatic carboxylic acids is 1. The molecule has 0 aliphatic rings. The van der Waals surface area contributed by atoms with Crippen molar-refractivity contribution in [2.75, 3.05) is 20.2 Å². The number of carbonyl (C=O) groups excluding carboxylic acids is 1. The van der Waals surface area contributed by atoms with Crippen LogP contribution in [0.2, 0.25) is 0 Å². The van der Waals surface area contributed by atoms with Crippen LogP contribution >= 0.6 is 0 Å². The van der Waals surface area contributed by atoms with Gasteiger partial charge in [-0.1, -0.05) is 12.1 Å². The molecule has 106 valence electrons. The summed E-state index contributed by atoms with van der Waals surface area (Å²) in [5.41, 5.74) is 0.538. The fourth-order valence-electron chi connectivity index (χ4n) is 1.49. The third-order valence-corrected chi connectivity index (χ3v) is 4.16. The number of sulfonamides is 1. The van der Waals surface area contributed by atoms with Gasteiger partial charge in [-0.2, -0.15) is 4.31 Å². The molecule has 7 heteroatoms. The minimum absolute atomic E-state index is 0.280. The molecule has 0 spiro atoms. The molecule has 1 aromatic carbocycles. The van der Waals surface area contributed by atoms with E-state index in [4.69, 9.17) is 4.74 Å². The Morgan fingerprint density at radius 1 is 1.42 bits per heavy atom. The zero-order valence-electron chi connectivity index (χ0n) is 10.8. The van der Waals surface area contributed by atoms with Gasteiger partial charge in [0.2, 0.25) is 10.0 Å². The standard InChI is InChI=1S/C12H17NO5S/c1-3-18-11-6-4-5-10(7-11)9-19(16,17)13(2)8-12(14)15/h4-7H,3,8-9H2,1-2H3,(H,14,15)/p-1. The van der Waals surface area contributed by atoms with Gasteiger partial charge in [0.15, 0.2) is 0 Å². The Bertz CT molecular complexity index is 541. The summed E-state index contributed by atoms with van der Waals surface area (Å²) < 4.78 is 29.8. The van der Waals surface area contributed by atoms with Gasteiger partial charge in [0.25, 0.3) is 0 Å². The van der Waals surface area contributed by atoms with Gasteiger partial charge < -0.3 is 14.6 Å². The lowest BCUT2D eigenvalue weighted by Gasteiger charge is -2.17. The van der Waals surface area contributed by atoms with Gasteiger partial charge in [-0.25, -0.2) is 8.42 Å². The lowest BCUT2D eigenvalue weighted by molar-refractivity contribution is -0.305. The quantitative estimate of drug-likeness (QED) is 0.680. The second kappa shape index (κ2) is 6.53. The van der Waals surface area contributed by atoms with E-state index >= 15 is 0 Å². The van der Waals surface area contributed by atoms with Crippen molar-refractivity contribution < 1.29 is 23.1 Å². The van der Waals surface area contributed by atoms with Crippen LogP contribution in [0.15, 0.2) is 24.3 Å². The second-order valence-electron chi connectivity index (χ2n) is 3.96. The summed E-state index contributed by atoms with van der Waals surface area (Å²) in [5, 5.41) is 10.4.